The molecule has 0 aliphatic heterocycles. The second-order valence-electron chi connectivity index (χ2n) is 11.6. The van der Waals surface area contributed by atoms with Gasteiger partial charge in [0.2, 0.25) is 29.5 Å². The monoisotopic (exact) mass is 784 g/mol. The molecule has 4 atom stereocenters. The molecule has 4 unspecified atom stereocenters. The average Bonchev–Trinajstić information content (AvgIpc) is 3.06. The quantitative estimate of drug-likeness (QED) is 0.0209. The fourth-order valence-corrected chi connectivity index (χ4v) is 5.57. The Kier molecular flexibility index (Phi) is 30.7. The van der Waals surface area contributed by atoms with Crippen LogP contribution in [0.5, 0.6) is 0 Å². The Morgan fingerprint density at radius 1 is 0.580 bits per heavy atom. The molecule has 0 aliphatic carbocycles. The Labute approximate surface area is 319 Å². The molecule has 0 aliphatic rings. The van der Waals surface area contributed by atoms with Crippen LogP contribution in [0.4, 0.5) is 0 Å². The van der Waals surface area contributed by atoms with E-state index >= 15 is 0 Å². The molecule has 290 valence electrons. The molecule has 0 radical (unpaired) electrons. The van der Waals surface area contributed by atoms with Crippen LogP contribution in [0.2, 0.25) is 0 Å². The first-order chi connectivity index (χ1) is 24.0. The number of rotatable bonds is 31. The molecule has 14 nitrogen and oxygen atoms in total. The maximum Gasteiger partial charge on any atom is 0.328 e. The molecule has 5 amide bonds. The molecule has 0 bridgehead atoms. The Balaban J connectivity index is 5.11. The topological polar surface area (TPSA) is 204 Å². The number of nitrogens with one attached hydrogen (secondary N) is 6. The molecule has 7 N–H and O–H groups in total. The van der Waals surface area contributed by atoms with Crippen LogP contribution < -0.4 is 31.9 Å². The summed E-state index contributed by atoms with van der Waals surface area (Å²) in [6.07, 6.45) is 4.54. The lowest BCUT2D eigenvalue weighted by atomic mass is 10.1. The number of ether oxygens (including phenoxy) is 1. The highest BCUT2D eigenvalue weighted by Gasteiger charge is 2.27. The second-order valence-corrected chi connectivity index (χ2v) is 13.4. The van der Waals surface area contributed by atoms with Gasteiger partial charge in [-0.2, -0.15) is 50.5 Å². The van der Waals surface area contributed by atoms with Gasteiger partial charge in [0.1, 0.15) is 18.3 Å². The molecule has 18 heteroatoms. The van der Waals surface area contributed by atoms with Crippen LogP contribution in [0.15, 0.2) is 0 Å². The van der Waals surface area contributed by atoms with Crippen molar-refractivity contribution in [1.29, 1.82) is 0 Å². The van der Waals surface area contributed by atoms with Crippen LogP contribution in [0.25, 0.3) is 0 Å². The van der Waals surface area contributed by atoms with Gasteiger partial charge >= 0.3 is 5.97 Å². The maximum atomic E-state index is 13.3. The minimum absolute atomic E-state index is 0.0695. The minimum Gasteiger partial charge on any atom is -0.464 e. The number of hydrogen-bond acceptors (Lipinski definition) is 13. The Morgan fingerprint density at radius 2 is 1.04 bits per heavy atom. The van der Waals surface area contributed by atoms with E-state index < -0.39 is 36.2 Å². The lowest BCUT2D eigenvalue weighted by molar-refractivity contribution is -0.148. The first-order valence-corrected chi connectivity index (χ1v) is 20.0. The SMILES string of the molecule is CCOC(=O)C(CCCCNC(O)C(CCCCNC(=O)CCS)NC(=O)CCS)NC(=O)C(CCCCNC(=O)CCS)NC(=O)CCS. The zero-order valence-electron chi connectivity index (χ0n) is 29.3. The van der Waals surface area contributed by atoms with Gasteiger partial charge < -0.3 is 36.4 Å². The summed E-state index contributed by atoms with van der Waals surface area (Å²) in [5.41, 5.74) is 0. The predicted octanol–water partition coefficient (Wildman–Crippen LogP) is 0.935. The van der Waals surface area contributed by atoms with Gasteiger partial charge in [-0.1, -0.05) is 0 Å². The fraction of sp³-hybridized carbons (Fsp3) is 0.812. The maximum absolute atomic E-state index is 13.3. The third-order valence-electron chi connectivity index (χ3n) is 7.40. The van der Waals surface area contributed by atoms with E-state index in [-0.39, 0.29) is 49.5 Å². The summed E-state index contributed by atoms with van der Waals surface area (Å²) in [5, 5.41) is 27.8. The summed E-state index contributed by atoms with van der Waals surface area (Å²) in [4.78, 5) is 74.0. The standard InChI is InChI=1S/C32H60N6O8S4/c1-2-46-32(45)25(38-31(44)24(37-29(42)15-22-50)10-4-7-17-34-27(40)13-20-48)11-5-8-18-35-30(43)23(36-28(41)14-21-49)9-3-6-16-33-26(39)12-19-47/h23-25,30,35,43,47-50H,2-22H2,1H3,(H,33,39)(H,34,40)(H,36,41)(H,37,42)(H,38,44). The van der Waals surface area contributed by atoms with E-state index in [1.54, 1.807) is 6.92 Å². The molecule has 0 saturated carbocycles. The predicted molar refractivity (Wildman–Crippen MR) is 208 cm³/mol. The van der Waals surface area contributed by atoms with Crippen molar-refractivity contribution >= 4 is 86.0 Å². The highest BCUT2D eigenvalue weighted by molar-refractivity contribution is 7.80. The van der Waals surface area contributed by atoms with Gasteiger partial charge in [-0.3, -0.25) is 29.3 Å². The van der Waals surface area contributed by atoms with Crippen LogP contribution in [0, 0.1) is 0 Å². The smallest absolute Gasteiger partial charge is 0.328 e. The summed E-state index contributed by atoms with van der Waals surface area (Å²) < 4.78 is 5.20. The van der Waals surface area contributed by atoms with Crippen molar-refractivity contribution < 1.29 is 38.6 Å². The van der Waals surface area contributed by atoms with Crippen molar-refractivity contribution in [2.75, 3.05) is 49.3 Å². The van der Waals surface area contributed by atoms with Crippen molar-refractivity contribution in [1.82, 2.24) is 31.9 Å². The number of esters is 1. The number of thiol groups is 4. The Hall–Kier alpha value is -1.86. The van der Waals surface area contributed by atoms with E-state index in [1.165, 1.54) is 0 Å². The molecule has 0 fully saturated rings. The first kappa shape index (κ1) is 48.1. The van der Waals surface area contributed by atoms with Crippen molar-refractivity contribution in [3.63, 3.8) is 0 Å². The lowest BCUT2D eigenvalue weighted by Gasteiger charge is -2.25. The highest BCUT2D eigenvalue weighted by atomic mass is 32.1. The van der Waals surface area contributed by atoms with Crippen LogP contribution in [0.3, 0.4) is 0 Å². The van der Waals surface area contributed by atoms with Crippen LogP contribution in [-0.2, 0) is 33.5 Å². The third kappa shape index (κ3) is 25.2. The Morgan fingerprint density at radius 3 is 1.56 bits per heavy atom. The van der Waals surface area contributed by atoms with Gasteiger partial charge in [-0.15, -0.1) is 0 Å². The van der Waals surface area contributed by atoms with Gasteiger partial charge in [-0.05, 0) is 94.3 Å². The summed E-state index contributed by atoms with van der Waals surface area (Å²) in [6.45, 7) is 3.09. The van der Waals surface area contributed by atoms with Crippen LogP contribution >= 0.6 is 50.5 Å². The molecule has 0 rings (SSSR count). The van der Waals surface area contributed by atoms with E-state index in [2.05, 4.69) is 82.4 Å². The van der Waals surface area contributed by atoms with E-state index in [0.29, 0.717) is 107 Å². The molecule has 0 saturated heterocycles. The van der Waals surface area contributed by atoms with Gasteiger partial charge in [0.05, 0.1) is 12.6 Å². The van der Waals surface area contributed by atoms with Crippen molar-refractivity contribution in [2.45, 2.75) is 115 Å². The number of aliphatic hydroxyl groups excluding tert-OH is 1. The molecule has 0 aromatic rings. The molecule has 0 heterocycles. The second kappa shape index (κ2) is 31.8. The summed E-state index contributed by atoms with van der Waals surface area (Å²) in [6, 6.07) is -2.39. The molecule has 0 spiro atoms. The number of aliphatic hydroxyl groups is 1. The zero-order chi connectivity index (χ0) is 37.6. The molecule has 0 aromatic heterocycles. The number of carbonyl (C=O) groups is 6. The third-order valence-corrected chi connectivity index (χ3v) is 8.30. The molecular weight excluding hydrogens is 725 g/mol. The van der Waals surface area contributed by atoms with E-state index in [1.807, 2.05) is 0 Å². The Bertz CT molecular complexity index is 1000. The van der Waals surface area contributed by atoms with Crippen molar-refractivity contribution in [3.05, 3.63) is 0 Å². The van der Waals surface area contributed by atoms with Gasteiger partial charge in [0.15, 0.2) is 0 Å². The van der Waals surface area contributed by atoms with Crippen molar-refractivity contribution in [3.8, 4) is 0 Å². The minimum atomic E-state index is -1.03. The number of carbonyl (C=O) groups excluding carboxylic acids is 6. The normalized spacial score (nSPS) is 13.3. The lowest BCUT2D eigenvalue weighted by Crippen LogP contribution is -2.52. The van der Waals surface area contributed by atoms with E-state index in [0.717, 1.165) is 0 Å². The number of amides is 5. The number of hydrogen-bond donors (Lipinski definition) is 11. The summed E-state index contributed by atoms with van der Waals surface area (Å²) in [7, 11) is 0. The van der Waals surface area contributed by atoms with Gasteiger partial charge in [-0.25, -0.2) is 4.79 Å². The van der Waals surface area contributed by atoms with Gasteiger partial charge in [0.25, 0.3) is 0 Å². The zero-order valence-corrected chi connectivity index (χ0v) is 32.8. The highest BCUT2D eigenvalue weighted by Crippen LogP contribution is 2.09. The van der Waals surface area contributed by atoms with Crippen LogP contribution in [0.1, 0.15) is 90.4 Å². The first-order valence-electron chi connectivity index (χ1n) is 17.5. The molecular formula is C32H60N6O8S4. The molecule has 50 heavy (non-hydrogen) atoms. The summed E-state index contributed by atoms with van der Waals surface area (Å²) >= 11 is 16.3. The van der Waals surface area contributed by atoms with E-state index in [9.17, 15) is 33.9 Å². The summed E-state index contributed by atoms with van der Waals surface area (Å²) in [5.74, 6) is -0.231. The van der Waals surface area contributed by atoms with Crippen LogP contribution in [-0.4, -0.2) is 114 Å². The largest absolute Gasteiger partial charge is 0.464 e. The van der Waals surface area contributed by atoms with E-state index in [4.69, 9.17) is 4.74 Å². The molecule has 0 aromatic carbocycles. The number of unbranched alkanes of at least 4 members (excludes halogenated alkanes) is 3. The van der Waals surface area contributed by atoms with Crippen molar-refractivity contribution in [2.24, 2.45) is 0 Å². The fourth-order valence-electron chi connectivity index (χ4n) is 4.75. The van der Waals surface area contributed by atoms with Gasteiger partial charge in [0, 0.05) is 38.8 Å². The average molecular weight is 785 g/mol.